The van der Waals surface area contributed by atoms with Crippen LogP contribution in [0.25, 0.3) is 32.3 Å². The van der Waals surface area contributed by atoms with E-state index in [0.717, 1.165) is 70.5 Å². The van der Waals surface area contributed by atoms with Crippen molar-refractivity contribution in [3.05, 3.63) is 204 Å². The van der Waals surface area contributed by atoms with E-state index in [0.29, 0.717) is 34.3 Å². The number of methoxy groups -OCH3 is 1. The van der Waals surface area contributed by atoms with E-state index >= 15 is 4.39 Å². The highest BCUT2D eigenvalue weighted by atomic mass is 32.1. The van der Waals surface area contributed by atoms with E-state index in [1.54, 1.807) is 60.5 Å². The second-order valence-corrected chi connectivity index (χ2v) is 19.3. The Kier molecular flexibility index (Phi) is 20.3. The van der Waals surface area contributed by atoms with Crippen LogP contribution in [0.15, 0.2) is 175 Å². The Bertz CT molecular complexity index is 3590. The van der Waals surface area contributed by atoms with Crippen LogP contribution in [0.2, 0.25) is 0 Å². The molecule has 0 N–H and O–H groups in total. The lowest BCUT2D eigenvalue weighted by Gasteiger charge is -2.23. The number of hydrogen-bond acceptors (Lipinski definition) is 14. The first kappa shape index (κ1) is 58.1. The molecule has 0 radical (unpaired) electrons. The largest absolute Gasteiger partial charge is 0.493 e. The van der Waals surface area contributed by atoms with Gasteiger partial charge in [0.05, 0.1) is 49.7 Å². The molecule has 8 aromatic rings. The van der Waals surface area contributed by atoms with Gasteiger partial charge < -0.3 is 33.2 Å². The number of halogens is 2. The maximum absolute atomic E-state index is 17.2. The summed E-state index contributed by atoms with van der Waals surface area (Å²) in [6.07, 6.45) is 6.07. The maximum atomic E-state index is 17.2. The van der Waals surface area contributed by atoms with E-state index in [4.69, 9.17) is 38.3 Å². The van der Waals surface area contributed by atoms with Gasteiger partial charge in [0.15, 0.2) is 23.1 Å². The molecule has 0 unspecified atom stereocenters. The van der Waals surface area contributed by atoms with Crippen LogP contribution >= 0.6 is 12.6 Å². The number of fused-ring (bicyclic) bond motifs is 3. The highest BCUT2D eigenvalue weighted by molar-refractivity contribution is 7.80. The van der Waals surface area contributed by atoms with Crippen molar-refractivity contribution in [2.75, 3.05) is 37.6 Å². The molecule has 81 heavy (non-hydrogen) atoms. The highest BCUT2D eigenvalue weighted by Gasteiger charge is 2.21. The van der Waals surface area contributed by atoms with Gasteiger partial charge in [0.25, 0.3) is 0 Å². The summed E-state index contributed by atoms with van der Waals surface area (Å²) in [6, 6.07) is 43.2. The molecular formula is C65H60F2N2O11S. The van der Waals surface area contributed by atoms with Crippen molar-refractivity contribution < 1.29 is 61.1 Å². The molecule has 0 spiro atoms. The number of ether oxygens (including phenoxy) is 7. The minimum atomic E-state index is -1.23. The number of esters is 4. The third-order valence-electron chi connectivity index (χ3n) is 13.0. The van der Waals surface area contributed by atoms with Crippen molar-refractivity contribution >= 4 is 80.7 Å². The van der Waals surface area contributed by atoms with Crippen LogP contribution in [-0.4, -0.2) is 62.7 Å². The molecule has 0 amide bonds. The summed E-state index contributed by atoms with van der Waals surface area (Å²) in [5.74, 6) is -3.75. The van der Waals surface area contributed by atoms with E-state index in [2.05, 4.69) is 31.9 Å². The van der Waals surface area contributed by atoms with E-state index in [1.807, 2.05) is 72.8 Å². The molecule has 0 aliphatic rings. The molecule has 0 fully saturated rings. The molecule has 0 saturated carbocycles. The third kappa shape index (κ3) is 15.6. The van der Waals surface area contributed by atoms with Gasteiger partial charge in [0.1, 0.15) is 31.3 Å². The van der Waals surface area contributed by atoms with Gasteiger partial charge in [-0.3, -0.25) is 9.80 Å². The summed E-state index contributed by atoms with van der Waals surface area (Å²) < 4.78 is 70.2. The summed E-state index contributed by atoms with van der Waals surface area (Å²) >= 11 is 4.19. The van der Waals surface area contributed by atoms with E-state index in [-0.39, 0.29) is 78.6 Å². The summed E-state index contributed by atoms with van der Waals surface area (Å²) in [5, 5.41) is 11.5. The van der Waals surface area contributed by atoms with Crippen LogP contribution in [-0.2, 0) is 43.5 Å². The zero-order chi connectivity index (χ0) is 57.3. The van der Waals surface area contributed by atoms with Crippen molar-refractivity contribution in [1.82, 2.24) is 0 Å². The van der Waals surface area contributed by atoms with Gasteiger partial charge in [-0.15, -0.1) is 0 Å². The number of thiol groups is 1. The van der Waals surface area contributed by atoms with Gasteiger partial charge in [0, 0.05) is 22.1 Å². The normalized spacial score (nSPS) is 11.1. The number of hydrogen-bond donors (Lipinski definition) is 1. The number of unbranched alkanes of at least 4 members (excludes halogenated alkanes) is 3. The fourth-order valence-electron chi connectivity index (χ4n) is 8.76. The summed E-state index contributed by atoms with van der Waals surface area (Å²) in [5.41, 5.74) is 3.89. The molecule has 0 heterocycles. The Morgan fingerprint density at radius 3 is 1.99 bits per heavy atom. The molecule has 0 saturated heterocycles. The summed E-state index contributed by atoms with van der Waals surface area (Å²) in [4.78, 5) is 49.3. The second-order valence-electron chi connectivity index (χ2n) is 18.9. The minimum absolute atomic E-state index is 0.0192. The molecule has 0 aliphatic heterocycles. The fourth-order valence-corrected chi connectivity index (χ4v) is 8.95. The summed E-state index contributed by atoms with van der Waals surface area (Å²) in [6.45, 7) is 8.64. The maximum Gasteiger partial charge on any atom is 0.371 e. The van der Waals surface area contributed by atoms with Crippen molar-refractivity contribution in [2.45, 2.75) is 58.7 Å². The van der Waals surface area contributed by atoms with Gasteiger partial charge in [-0.1, -0.05) is 117 Å². The van der Waals surface area contributed by atoms with Gasteiger partial charge >= 0.3 is 23.9 Å². The van der Waals surface area contributed by atoms with Crippen molar-refractivity contribution in [3.63, 3.8) is 0 Å². The lowest BCUT2D eigenvalue weighted by molar-refractivity contribution is -0.143. The smallest absolute Gasteiger partial charge is 0.371 e. The average Bonchev–Trinajstić information content (AvgIpc) is 3.52. The zero-order valence-corrected chi connectivity index (χ0v) is 45.8. The minimum Gasteiger partial charge on any atom is -0.493 e. The lowest BCUT2D eigenvalue weighted by atomic mass is 10.0. The molecule has 0 aromatic heterocycles. The first-order valence-corrected chi connectivity index (χ1v) is 26.9. The van der Waals surface area contributed by atoms with Crippen molar-refractivity contribution in [3.8, 4) is 28.7 Å². The van der Waals surface area contributed by atoms with Crippen LogP contribution < -0.4 is 28.7 Å². The molecule has 8 aromatic carbocycles. The molecule has 8 rings (SSSR count). The number of aryl methyl sites for hydroxylation is 1. The zero-order valence-electron chi connectivity index (χ0n) is 44.9. The Hall–Kier alpha value is -9.02. The van der Waals surface area contributed by atoms with E-state index < -0.39 is 29.6 Å². The second kappa shape index (κ2) is 28.2. The Morgan fingerprint density at radius 1 is 0.630 bits per heavy atom. The molecule has 16 heteroatoms. The van der Waals surface area contributed by atoms with Gasteiger partial charge in [-0.2, -0.15) is 22.1 Å². The number of carbonyl (C=O) groups excluding carboxylic acids is 4. The molecule has 13 nitrogen and oxygen atoms in total. The Labute approximate surface area is 473 Å². The standard InChI is InChI=1S/C65H60F2N2O11S/c1-42(2)63(71)76-32-12-6-5-7-13-44-18-20-45(21-19-44)40-78-58-29-28-56(55(61(58)67)39-68-69(31-33-75-60(70)30-34-81)62-53-16-10-8-14-49(53)37-50-15-9-11-17-54(50)62)77-41-46-22-27-57(59(35-46)74-4)80-65(73)51-24-23-48-38-52(26-25-47(48)36-51)79-64(72)43(3)66/h8-11,14-29,35-39,81H,1,3,5-7,12-13,30-34,40-41H2,2,4H3/b68-39+. The van der Waals surface area contributed by atoms with Crippen LogP contribution in [0.5, 0.6) is 28.7 Å². The molecule has 416 valence electrons. The number of benzene rings is 8. The van der Waals surface area contributed by atoms with Gasteiger partial charge in [-0.25, -0.2) is 18.8 Å². The Balaban J connectivity index is 1.03. The predicted octanol–water partition coefficient (Wildman–Crippen LogP) is 14.0. The highest BCUT2D eigenvalue weighted by Crippen LogP contribution is 2.37. The summed E-state index contributed by atoms with van der Waals surface area (Å²) in [7, 11) is 1.43. The molecule has 0 atom stereocenters. The number of anilines is 1. The number of rotatable bonds is 27. The average molecular weight is 1120 g/mol. The van der Waals surface area contributed by atoms with Crippen LogP contribution in [0.4, 0.5) is 14.5 Å². The van der Waals surface area contributed by atoms with Gasteiger partial charge in [0.2, 0.25) is 5.83 Å². The van der Waals surface area contributed by atoms with Crippen LogP contribution in [0.3, 0.4) is 0 Å². The third-order valence-corrected chi connectivity index (χ3v) is 13.2. The molecular weight excluding hydrogens is 1050 g/mol. The van der Waals surface area contributed by atoms with Crippen LogP contribution in [0, 0.1) is 5.82 Å². The van der Waals surface area contributed by atoms with E-state index in [9.17, 15) is 23.6 Å². The molecule has 0 bridgehead atoms. The molecule has 0 aliphatic carbocycles. The predicted molar refractivity (Wildman–Crippen MR) is 313 cm³/mol. The lowest BCUT2D eigenvalue weighted by Crippen LogP contribution is -2.24. The van der Waals surface area contributed by atoms with Crippen LogP contribution in [0.1, 0.15) is 71.6 Å². The first-order chi connectivity index (χ1) is 39.3. The quantitative estimate of drug-likeness (QED) is 0.00763. The van der Waals surface area contributed by atoms with Crippen molar-refractivity contribution in [2.24, 2.45) is 5.10 Å². The fraction of sp³-hybridized carbons (Fsp3) is 0.215. The van der Waals surface area contributed by atoms with Gasteiger partial charge in [-0.05, 0) is 119 Å². The number of carbonyl (C=O) groups is 4. The topological polar surface area (TPSA) is 148 Å². The monoisotopic (exact) mass is 1110 g/mol. The number of hydrazone groups is 1. The Morgan fingerprint density at radius 2 is 1.27 bits per heavy atom. The first-order valence-electron chi connectivity index (χ1n) is 26.2. The van der Waals surface area contributed by atoms with Crippen molar-refractivity contribution in [1.29, 1.82) is 0 Å². The number of nitrogens with zero attached hydrogens (tertiary/aromatic N) is 2. The van der Waals surface area contributed by atoms with E-state index in [1.165, 1.54) is 31.5 Å². The SMILES string of the molecule is C=C(C)C(=O)OCCCCCCc1ccc(COc2ccc(OCc3ccc(OC(=O)c4ccc5cc(OC(=O)C(=C)F)ccc5c4)c(OC)c3)c(/C=N/N(CCOC(=O)CCS)c3c4ccccc4cc4ccccc34)c2F)cc1.